The number of rotatable bonds is 1. The molecule has 13 heavy (non-hydrogen) atoms. The average molecular weight is 183 g/mol. The minimum atomic E-state index is 0. The maximum absolute atomic E-state index is 8.56. The van der Waals surface area contributed by atoms with E-state index in [9.17, 15) is 0 Å². The summed E-state index contributed by atoms with van der Waals surface area (Å²) in [6.07, 6.45) is 0. The molecule has 0 atom stereocenters. The number of nitrogens with zero attached hydrogens (tertiary/aromatic N) is 2. The van der Waals surface area contributed by atoms with Crippen molar-refractivity contribution in [3.05, 3.63) is 35.4 Å². The summed E-state index contributed by atoms with van der Waals surface area (Å²) in [4.78, 5) is 0. The second-order valence-corrected chi connectivity index (χ2v) is 2.38. The summed E-state index contributed by atoms with van der Waals surface area (Å²) in [7, 11) is 0. The molecule has 0 fully saturated rings. The molecule has 61 valence electrons. The van der Waals surface area contributed by atoms with Gasteiger partial charge >= 0.3 is 0 Å². The fourth-order valence-electron chi connectivity index (χ4n) is 0.975. The minimum absolute atomic E-state index is 0. The number of nitriles is 1. The van der Waals surface area contributed by atoms with Gasteiger partial charge in [0.15, 0.2) is 5.71 Å². The monoisotopic (exact) mass is 183 g/mol. The Morgan fingerprint density at radius 2 is 2.08 bits per heavy atom. The van der Waals surface area contributed by atoms with Crippen LogP contribution in [0.15, 0.2) is 29.4 Å². The Balaban J connectivity index is 0.00000144. The Bertz CT molecular complexity index is 355. The standard InChI is InChI=1S/C9H8N2O.Na/c1-7-4-2-3-5-8(7)9(6-10)11-12;/h2-5,12H,1H3;. The van der Waals surface area contributed by atoms with Crippen molar-refractivity contribution in [2.24, 2.45) is 5.16 Å². The van der Waals surface area contributed by atoms with Gasteiger partial charge in [-0.2, -0.15) is 5.26 Å². The summed E-state index contributed by atoms with van der Waals surface area (Å²) in [6.45, 7) is 1.86. The van der Waals surface area contributed by atoms with Gasteiger partial charge in [-0.05, 0) is 12.5 Å². The quantitative estimate of drug-likeness (QED) is 0.309. The molecule has 1 rings (SSSR count). The number of hydrogen-bond donors (Lipinski definition) is 1. The predicted octanol–water partition coefficient (Wildman–Crippen LogP) is 1.32. The Morgan fingerprint density at radius 1 is 1.46 bits per heavy atom. The maximum atomic E-state index is 8.56. The SMILES string of the molecule is Cc1ccccc1C(C#N)=NO.[Na]. The Hall–Kier alpha value is -0.820. The maximum Gasteiger partial charge on any atom is 0.186 e. The van der Waals surface area contributed by atoms with E-state index in [4.69, 9.17) is 10.5 Å². The van der Waals surface area contributed by atoms with E-state index in [1.165, 1.54) is 0 Å². The molecule has 0 saturated carbocycles. The number of aryl methyl sites for hydroxylation is 1. The molecule has 0 bridgehead atoms. The summed E-state index contributed by atoms with van der Waals surface area (Å²) in [5.74, 6) is 0. The van der Waals surface area contributed by atoms with Crippen LogP contribution in [0.5, 0.6) is 0 Å². The zero-order valence-electron chi connectivity index (χ0n) is 7.65. The largest absolute Gasteiger partial charge is 0.410 e. The molecular formula is C9H8N2NaO. The molecular weight excluding hydrogens is 175 g/mol. The summed E-state index contributed by atoms with van der Waals surface area (Å²) in [5.41, 5.74) is 1.64. The van der Waals surface area contributed by atoms with Crippen LogP contribution in [0.1, 0.15) is 11.1 Å². The van der Waals surface area contributed by atoms with Gasteiger partial charge in [-0.15, -0.1) is 0 Å². The van der Waals surface area contributed by atoms with Crippen LogP contribution < -0.4 is 0 Å². The van der Waals surface area contributed by atoms with Crippen molar-refractivity contribution in [2.75, 3.05) is 0 Å². The molecule has 3 nitrogen and oxygen atoms in total. The van der Waals surface area contributed by atoms with Crippen molar-refractivity contribution in [3.63, 3.8) is 0 Å². The Kier molecular flexibility index (Phi) is 5.40. The van der Waals surface area contributed by atoms with Crippen LogP contribution >= 0.6 is 0 Å². The first kappa shape index (κ1) is 12.2. The molecule has 0 saturated heterocycles. The van der Waals surface area contributed by atoms with Crippen LogP contribution in [0.3, 0.4) is 0 Å². The molecule has 0 aliphatic rings. The van der Waals surface area contributed by atoms with Crippen molar-refractivity contribution in [2.45, 2.75) is 6.92 Å². The van der Waals surface area contributed by atoms with E-state index in [0.717, 1.165) is 5.56 Å². The summed E-state index contributed by atoms with van der Waals surface area (Å²) in [6, 6.07) is 9.07. The molecule has 1 N–H and O–H groups in total. The number of oxime groups is 1. The zero-order valence-corrected chi connectivity index (χ0v) is 9.65. The van der Waals surface area contributed by atoms with Crippen LogP contribution in [0, 0.1) is 18.3 Å². The van der Waals surface area contributed by atoms with Gasteiger partial charge in [0.1, 0.15) is 6.07 Å². The van der Waals surface area contributed by atoms with Gasteiger partial charge in [0.25, 0.3) is 0 Å². The first-order valence-electron chi connectivity index (χ1n) is 3.47. The Morgan fingerprint density at radius 3 is 2.54 bits per heavy atom. The topological polar surface area (TPSA) is 56.4 Å². The molecule has 0 heterocycles. The second kappa shape index (κ2) is 5.76. The fourth-order valence-corrected chi connectivity index (χ4v) is 0.975. The van der Waals surface area contributed by atoms with Gasteiger partial charge in [-0.3, -0.25) is 0 Å². The van der Waals surface area contributed by atoms with E-state index in [2.05, 4.69) is 5.16 Å². The molecule has 1 aromatic rings. The van der Waals surface area contributed by atoms with Crippen molar-refractivity contribution in [1.29, 1.82) is 5.26 Å². The summed E-state index contributed by atoms with van der Waals surface area (Å²) in [5, 5.41) is 19.9. The smallest absolute Gasteiger partial charge is 0.186 e. The molecule has 0 amide bonds. The van der Waals surface area contributed by atoms with Crippen molar-refractivity contribution >= 4 is 35.3 Å². The third kappa shape index (κ3) is 2.85. The van der Waals surface area contributed by atoms with Crippen molar-refractivity contribution in [3.8, 4) is 6.07 Å². The van der Waals surface area contributed by atoms with Gasteiger partial charge in [-0.1, -0.05) is 29.4 Å². The third-order valence-corrected chi connectivity index (χ3v) is 1.61. The van der Waals surface area contributed by atoms with E-state index >= 15 is 0 Å². The molecule has 1 aromatic carbocycles. The molecule has 0 aliphatic carbocycles. The van der Waals surface area contributed by atoms with Gasteiger partial charge in [0, 0.05) is 35.1 Å². The van der Waals surface area contributed by atoms with Crippen molar-refractivity contribution in [1.82, 2.24) is 0 Å². The van der Waals surface area contributed by atoms with E-state index in [-0.39, 0.29) is 35.3 Å². The molecule has 0 aromatic heterocycles. The fraction of sp³-hybridized carbons (Fsp3) is 0.111. The van der Waals surface area contributed by atoms with Crippen LogP contribution in [0.4, 0.5) is 0 Å². The van der Waals surface area contributed by atoms with Gasteiger partial charge < -0.3 is 5.21 Å². The summed E-state index contributed by atoms with van der Waals surface area (Å²) >= 11 is 0. The van der Waals surface area contributed by atoms with E-state index in [0.29, 0.717) is 5.56 Å². The normalized spacial score (nSPS) is 10.0. The molecule has 4 heteroatoms. The molecule has 0 spiro atoms. The minimum Gasteiger partial charge on any atom is -0.410 e. The predicted molar refractivity (Wildman–Crippen MR) is 50.9 cm³/mol. The van der Waals surface area contributed by atoms with Gasteiger partial charge in [0.05, 0.1) is 0 Å². The Labute approximate surface area is 99.0 Å². The van der Waals surface area contributed by atoms with Gasteiger partial charge in [-0.25, -0.2) is 0 Å². The average Bonchev–Trinajstić information content (AvgIpc) is 2.10. The zero-order chi connectivity index (χ0) is 8.97. The first-order chi connectivity index (χ1) is 5.79. The van der Waals surface area contributed by atoms with Crippen LogP contribution in [-0.2, 0) is 0 Å². The van der Waals surface area contributed by atoms with Gasteiger partial charge in [0.2, 0.25) is 0 Å². The second-order valence-electron chi connectivity index (χ2n) is 2.38. The molecule has 0 aliphatic heterocycles. The molecule has 0 unspecified atom stereocenters. The third-order valence-electron chi connectivity index (χ3n) is 1.61. The van der Waals surface area contributed by atoms with E-state index < -0.39 is 0 Å². The number of hydrogen-bond acceptors (Lipinski definition) is 3. The summed E-state index contributed by atoms with van der Waals surface area (Å²) < 4.78 is 0. The van der Waals surface area contributed by atoms with Crippen LogP contribution in [-0.4, -0.2) is 40.5 Å². The van der Waals surface area contributed by atoms with Crippen molar-refractivity contribution < 1.29 is 5.21 Å². The van der Waals surface area contributed by atoms with Crippen LogP contribution in [0.2, 0.25) is 0 Å². The van der Waals surface area contributed by atoms with E-state index in [1.807, 2.05) is 25.1 Å². The number of benzene rings is 1. The molecule has 1 radical (unpaired) electrons. The van der Waals surface area contributed by atoms with Crippen LogP contribution in [0.25, 0.3) is 0 Å². The van der Waals surface area contributed by atoms with E-state index in [1.54, 1.807) is 12.1 Å². The first-order valence-corrected chi connectivity index (χ1v) is 3.47.